The number of primary sulfonamides is 1. The molecule has 6 heteroatoms. The van der Waals surface area contributed by atoms with E-state index >= 15 is 0 Å². The van der Waals surface area contributed by atoms with Crippen LogP contribution in [0.15, 0.2) is 23.1 Å². The zero-order chi connectivity index (χ0) is 10.2. The van der Waals surface area contributed by atoms with E-state index in [1.807, 2.05) is 0 Å². The molecule has 0 saturated carbocycles. The van der Waals surface area contributed by atoms with Crippen molar-refractivity contribution in [3.8, 4) is 0 Å². The van der Waals surface area contributed by atoms with Crippen LogP contribution in [-0.2, 0) is 16.6 Å². The van der Waals surface area contributed by atoms with Crippen LogP contribution in [-0.4, -0.2) is 15.1 Å². The summed E-state index contributed by atoms with van der Waals surface area (Å²) in [6.45, 7) is 1.35. The maximum atomic E-state index is 11.1. The molecule has 0 aliphatic carbocycles. The molecule has 1 aromatic carbocycles. The van der Waals surface area contributed by atoms with Gasteiger partial charge in [-0.15, -0.1) is 0 Å². The van der Waals surface area contributed by atoms with Gasteiger partial charge in [0.25, 0.3) is 0 Å². The summed E-state index contributed by atoms with van der Waals surface area (Å²) in [7, 11) is -3.59. The van der Waals surface area contributed by atoms with Crippen molar-refractivity contribution in [2.45, 2.75) is 11.4 Å². The van der Waals surface area contributed by atoms with E-state index in [4.69, 9.17) is 5.14 Å². The molecule has 4 N–H and O–H groups in total. The highest BCUT2D eigenvalue weighted by molar-refractivity contribution is 7.89. The zero-order valence-electron chi connectivity index (χ0n) is 7.45. The van der Waals surface area contributed by atoms with E-state index in [2.05, 4.69) is 10.6 Å². The van der Waals surface area contributed by atoms with Gasteiger partial charge in [0, 0.05) is 12.2 Å². The monoisotopic (exact) mass is 213 g/mol. The van der Waals surface area contributed by atoms with Crippen molar-refractivity contribution in [3.63, 3.8) is 0 Å². The van der Waals surface area contributed by atoms with E-state index in [-0.39, 0.29) is 4.90 Å². The summed E-state index contributed by atoms with van der Waals surface area (Å²) >= 11 is 0. The number of sulfonamides is 1. The summed E-state index contributed by atoms with van der Waals surface area (Å²) in [5, 5.41) is 11.2. The third-order valence-electron chi connectivity index (χ3n) is 2.12. The quantitative estimate of drug-likeness (QED) is 0.603. The number of benzene rings is 1. The molecule has 0 atom stereocenters. The van der Waals surface area contributed by atoms with Crippen LogP contribution in [0, 0.1) is 0 Å². The van der Waals surface area contributed by atoms with Crippen molar-refractivity contribution in [3.05, 3.63) is 23.8 Å². The number of nitrogens with one attached hydrogen (secondary N) is 2. The van der Waals surface area contributed by atoms with Gasteiger partial charge in [0.15, 0.2) is 0 Å². The van der Waals surface area contributed by atoms with Crippen LogP contribution < -0.4 is 15.8 Å². The molecule has 1 aromatic rings. The second-order valence-electron chi connectivity index (χ2n) is 3.14. The molecule has 0 aromatic heterocycles. The predicted molar refractivity (Wildman–Crippen MR) is 53.1 cm³/mol. The van der Waals surface area contributed by atoms with Gasteiger partial charge in [-0.1, -0.05) is 0 Å². The first kappa shape index (κ1) is 9.45. The third kappa shape index (κ3) is 1.72. The van der Waals surface area contributed by atoms with Crippen molar-refractivity contribution in [2.75, 3.05) is 12.0 Å². The Labute approximate surface area is 82.4 Å². The van der Waals surface area contributed by atoms with E-state index in [0.29, 0.717) is 13.2 Å². The number of hydrogen-bond donors (Lipinski definition) is 3. The fourth-order valence-corrected chi connectivity index (χ4v) is 1.98. The molecule has 1 aliphatic rings. The Kier molecular flexibility index (Phi) is 2.18. The maximum absolute atomic E-state index is 11.1. The van der Waals surface area contributed by atoms with E-state index in [1.54, 1.807) is 12.1 Å². The highest BCUT2D eigenvalue weighted by atomic mass is 32.2. The van der Waals surface area contributed by atoms with Crippen molar-refractivity contribution in [2.24, 2.45) is 5.14 Å². The summed E-state index contributed by atoms with van der Waals surface area (Å²) in [6, 6.07) is 4.83. The Bertz CT molecular complexity index is 456. The normalized spacial score (nSPS) is 15.8. The lowest BCUT2D eigenvalue weighted by Crippen LogP contribution is -2.27. The summed E-state index contributed by atoms with van der Waals surface area (Å²) in [4.78, 5) is 0.154. The maximum Gasteiger partial charge on any atom is 0.238 e. The molecule has 0 spiro atoms. The average Bonchev–Trinajstić information content (AvgIpc) is 2.16. The Morgan fingerprint density at radius 3 is 2.86 bits per heavy atom. The molecular weight excluding hydrogens is 202 g/mol. The van der Waals surface area contributed by atoms with Crippen LogP contribution in [0.5, 0.6) is 0 Å². The van der Waals surface area contributed by atoms with Crippen LogP contribution in [0.1, 0.15) is 5.56 Å². The second kappa shape index (κ2) is 3.23. The molecule has 0 unspecified atom stereocenters. The SMILES string of the molecule is NS(=O)(=O)c1ccc2c(c1)CNCN2. The molecule has 76 valence electrons. The standard InChI is InChI=1S/C8H11N3O2S/c9-14(12,13)7-1-2-8-6(3-7)4-10-5-11-8/h1-3,10-11H,4-5H2,(H2,9,12,13). The minimum Gasteiger partial charge on any atom is -0.372 e. The Balaban J connectivity index is 2.49. The van der Waals surface area contributed by atoms with Gasteiger partial charge in [-0.2, -0.15) is 0 Å². The third-order valence-corrected chi connectivity index (χ3v) is 3.04. The lowest BCUT2D eigenvalue weighted by Gasteiger charge is -2.19. The van der Waals surface area contributed by atoms with E-state index in [0.717, 1.165) is 11.3 Å². The molecule has 1 heterocycles. The lowest BCUT2D eigenvalue weighted by atomic mass is 10.1. The molecule has 5 nitrogen and oxygen atoms in total. The first-order valence-electron chi connectivity index (χ1n) is 4.18. The smallest absolute Gasteiger partial charge is 0.238 e. The van der Waals surface area contributed by atoms with Crippen LogP contribution in [0.25, 0.3) is 0 Å². The number of nitrogens with two attached hydrogens (primary N) is 1. The minimum absolute atomic E-state index is 0.154. The van der Waals surface area contributed by atoms with Gasteiger partial charge in [0.05, 0.1) is 11.6 Å². The Morgan fingerprint density at radius 2 is 2.14 bits per heavy atom. The molecule has 14 heavy (non-hydrogen) atoms. The molecule has 0 radical (unpaired) electrons. The van der Waals surface area contributed by atoms with Crippen LogP contribution in [0.2, 0.25) is 0 Å². The van der Waals surface area contributed by atoms with Gasteiger partial charge in [-0.3, -0.25) is 5.32 Å². The molecular formula is C8H11N3O2S. The average molecular weight is 213 g/mol. The van der Waals surface area contributed by atoms with Crippen molar-refractivity contribution < 1.29 is 8.42 Å². The van der Waals surface area contributed by atoms with Crippen molar-refractivity contribution in [1.29, 1.82) is 0 Å². The summed E-state index contributed by atoms with van der Waals surface area (Å²) < 4.78 is 22.1. The summed E-state index contributed by atoms with van der Waals surface area (Å²) in [6.07, 6.45) is 0. The van der Waals surface area contributed by atoms with Gasteiger partial charge in [-0.05, 0) is 23.8 Å². The molecule has 0 fully saturated rings. The van der Waals surface area contributed by atoms with E-state index in [9.17, 15) is 8.42 Å². The fourth-order valence-electron chi connectivity index (χ4n) is 1.42. The van der Waals surface area contributed by atoms with Gasteiger partial charge < -0.3 is 5.32 Å². The molecule has 0 bridgehead atoms. The first-order valence-corrected chi connectivity index (χ1v) is 5.72. The van der Waals surface area contributed by atoms with Crippen molar-refractivity contribution >= 4 is 15.7 Å². The van der Waals surface area contributed by atoms with Gasteiger partial charge in [0.1, 0.15) is 0 Å². The highest BCUT2D eigenvalue weighted by Crippen LogP contribution is 2.21. The first-order chi connectivity index (χ1) is 6.57. The molecule has 0 saturated heterocycles. The molecule has 1 aliphatic heterocycles. The second-order valence-corrected chi connectivity index (χ2v) is 4.71. The number of anilines is 1. The summed E-state index contributed by atoms with van der Waals surface area (Å²) in [5.74, 6) is 0. The van der Waals surface area contributed by atoms with E-state index < -0.39 is 10.0 Å². The molecule has 0 amide bonds. The minimum atomic E-state index is -3.59. The highest BCUT2D eigenvalue weighted by Gasteiger charge is 2.13. The Morgan fingerprint density at radius 1 is 1.36 bits per heavy atom. The summed E-state index contributed by atoms with van der Waals surface area (Å²) in [5.41, 5.74) is 1.87. The van der Waals surface area contributed by atoms with Gasteiger partial charge >= 0.3 is 0 Å². The van der Waals surface area contributed by atoms with Gasteiger partial charge in [-0.25, -0.2) is 13.6 Å². The zero-order valence-corrected chi connectivity index (χ0v) is 8.26. The van der Waals surface area contributed by atoms with Crippen LogP contribution in [0.4, 0.5) is 5.69 Å². The number of rotatable bonds is 1. The number of fused-ring (bicyclic) bond motifs is 1. The van der Waals surface area contributed by atoms with Gasteiger partial charge in [0.2, 0.25) is 10.0 Å². The largest absolute Gasteiger partial charge is 0.372 e. The fraction of sp³-hybridized carbons (Fsp3) is 0.250. The van der Waals surface area contributed by atoms with E-state index in [1.165, 1.54) is 6.07 Å². The topological polar surface area (TPSA) is 84.2 Å². The predicted octanol–water partition coefficient (Wildman–Crippen LogP) is -0.193. The van der Waals surface area contributed by atoms with Crippen LogP contribution in [0.3, 0.4) is 0 Å². The molecule has 2 rings (SSSR count). The van der Waals surface area contributed by atoms with Crippen LogP contribution >= 0.6 is 0 Å². The Hall–Kier alpha value is -1.11. The number of hydrogen-bond acceptors (Lipinski definition) is 4. The lowest BCUT2D eigenvalue weighted by molar-refractivity contribution is 0.597. The van der Waals surface area contributed by atoms with Crippen molar-refractivity contribution in [1.82, 2.24) is 5.32 Å².